The molecule has 1 aliphatic heterocycles. The Kier molecular flexibility index (Phi) is 7.46. The fourth-order valence-corrected chi connectivity index (χ4v) is 4.30. The van der Waals surface area contributed by atoms with Crippen LogP contribution in [0.3, 0.4) is 0 Å². The van der Waals surface area contributed by atoms with E-state index < -0.39 is 10.0 Å². The first-order valence-corrected chi connectivity index (χ1v) is 12.4. The van der Waals surface area contributed by atoms with Crippen LogP contribution in [0.5, 0.6) is 0 Å². The summed E-state index contributed by atoms with van der Waals surface area (Å²) in [6.45, 7) is 5.37. The van der Waals surface area contributed by atoms with Gasteiger partial charge in [-0.2, -0.15) is 0 Å². The summed E-state index contributed by atoms with van der Waals surface area (Å²) in [6.07, 6.45) is 3.69. The van der Waals surface area contributed by atoms with Crippen molar-refractivity contribution in [3.8, 4) is 0 Å². The molecular formula is C23H29N3O4S. The molecule has 166 valence electrons. The standard InChI is InChI=1S/C23H29N3O4S/c1-3-25(17-18-10-6-4-7-11-18)14-8-5-9-15-26-22(27)20-13-12-19(24-31(2,29)30)16-21(20)23(26)28/h4,6-7,10-13,16,24H,3,5,8-9,14-15,17H2,1-2H3. The minimum Gasteiger partial charge on any atom is -0.299 e. The van der Waals surface area contributed by atoms with Crippen LogP contribution in [0.2, 0.25) is 0 Å². The van der Waals surface area contributed by atoms with Gasteiger partial charge in [-0.15, -0.1) is 0 Å². The number of carbonyl (C=O) groups is 2. The van der Waals surface area contributed by atoms with Crippen LogP contribution in [0.1, 0.15) is 52.5 Å². The van der Waals surface area contributed by atoms with Gasteiger partial charge in [-0.3, -0.25) is 24.1 Å². The maximum Gasteiger partial charge on any atom is 0.261 e. The zero-order chi connectivity index (χ0) is 22.4. The average molecular weight is 444 g/mol. The molecule has 31 heavy (non-hydrogen) atoms. The van der Waals surface area contributed by atoms with Crippen molar-refractivity contribution in [3.63, 3.8) is 0 Å². The zero-order valence-electron chi connectivity index (χ0n) is 18.0. The second-order valence-electron chi connectivity index (χ2n) is 7.81. The first-order chi connectivity index (χ1) is 14.8. The van der Waals surface area contributed by atoms with Gasteiger partial charge in [0.25, 0.3) is 11.8 Å². The first-order valence-electron chi connectivity index (χ1n) is 10.5. The number of carbonyl (C=O) groups excluding carboxylic acids is 2. The van der Waals surface area contributed by atoms with E-state index >= 15 is 0 Å². The lowest BCUT2D eigenvalue weighted by atomic mass is 10.1. The summed E-state index contributed by atoms with van der Waals surface area (Å²) in [5, 5.41) is 0. The molecule has 2 aromatic carbocycles. The SMILES string of the molecule is CCN(CCCCCN1C(=O)c2ccc(NS(C)(=O)=O)cc2C1=O)Cc1ccccc1. The van der Waals surface area contributed by atoms with Gasteiger partial charge in [0, 0.05) is 18.8 Å². The zero-order valence-corrected chi connectivity index (χ0v) is 18.8. The molecule has 2 aromatic rings. The molecule has 3 rings (SSSR count). The number of hydrogen-bond acceptors (Lipinski definition) is 5. The fourth-order valence-electron chi connectivity index (χ4n) is 3.74. The lowest BCUT2D eigenvalue weighted by Crippen LogP contribution is -2.31. The Morgan fingerprint density at radius 1 is 0.935 bits per heavy atom. The molecule has 0 fully saturated rings. The van der Waals surface area contributed by atoms with Crippen LogP contribution in [0.15, 0.2) is 48.5 Å². The minimum atomic E-state index is -3.45. The number of sulfonamides is 1. The van der Waals surface area contributed by atoms with Gasteiger partial charge in [0.05, 0.1) is 17.4 Å². The summed E-state index contributed by atoms with van der Waals surface area (Å²) in [6, 6.07) is 14.8. The highest BCUT2D eigenvalue weighted by molar-refractivity contribution is 7.92. The highest BCUT2D eigenvalue weighted by Gasteiger charge is 2.35. The molecule has 1 heterocycles. The minimum absolute atomic E-state index is 0.249. The average Bonchev–Trinajstić information content (AvgIpc) is 2.96. The molecule has 0 unspecified atom stereocenters. The quantitative estimate of drug-likeness (QED) is 0.425. The van der Waals surface area contributed by atoms with Crippen LogP contribution in [0.25, 0.3) is 0 Å². The number of amides is 2. The third-order valence-electron chi connectivity index (χ3n) is 5.33. The van der Waals surface area contributed by atoms with E-state index in [0.29, 0.717) is 12.1 Å². The van der Waals surface area contributed by atoms with Crippen LogP contribution in [0, 0.1) is 0 Å². The number of rotatable bonds is 11. The number of nitrogens with one attached hydrogen (secondary N) is 1. The third kappa shape index (κ3) is 6.15. The van der Waals surface area contributed by atoms with Crippen molar-refractivity contribution in [2.24, 2.45) is 0 Å². The van der Waals surface area contributed by atoms with E-state index in [-0.39, 0.29) is 23.1 Å². The highest BCUT2D eigenvalue weighted by atomic mass is 32.2. The van der Waals surface area contributed by atoms with Crippen molar-refractivity contribution in [1.29, 1.82) is 0 Å². The lowest BCUT2D eigenvalue weighted by molar-refractivity contribution is 0.0651. The lowest BCUT2D eigenvalue weighted by Gasteiger charge is -2.20. The van der Waals surface area contributed by atoms with E-state index in [1.165, 1.54) is 28.7 Å². The Morgan fingerprint density at radius 3 is 2.32 bits per heavy atom. The molecule has 1 aliphatic rings. The number of anilines is 1. The van der Waals surface area contributed by atoms with Crippen molar-refractivity contribution >= 4 is 27.5 Å². The van der Waals surface area contributed by atoms with Crippen LogP contribution in [-0.4, -0.2) is 55.9 Å². The van der Waals surface area contributed by atoms with Gasteiger partial charge in [0.1, 0.15) is 0 Å². The molecule has 0 spiro atoms. The fraction of sp³-hybridized carbons (Fsp3) is 0.391. The van der Waals surface area contributed by atoms with Crippen molar-refractivity contribution in [2.75, 3.05) is 30.6 Å². The summed E-state index contributed by atoms with van der Waals surface area (Å²) in [4.78, 5) is 28.9. The molecule has 0 radical (unpaired) electrons. The van der Waals surface area contributed by atoms with Crippen LogP contribution < -0.4 is 4.72 Å². The largest absolute Gasteiger partial charge is 0.299 e. The molecule has 0 saturated heterocycles. The maximum atomic E-state index is 12.7. The van der Waals surface area contributed by atoms with Gasteiger partial charge in [-0.05, 0) is 49.7 Å². The Balaban J connectivity index is 1.48. The smallest absolute Gasteiger partial charge is 0.261 e. The van der Waals surface area contributed by atoms with Crippen LogP contribution in [0.4, 0.5) is 5.69 Å². The van der Waals surface area contributed by atoms with E-state index in [4.69, 9.17) is 0 Å². The second-order valence-corrected chi connectivity index (χ2v) is 9.56. The molecular weight excluding hydrogens is 414 g/mol. The summed E-state index contributed by atoms with van der Waals surface area (Å²) < 4.78 is 25.2. The molecule has 0 atom stereocenters. The Labute approximate surface area is 184 Å². The molecule has 0 saturated carbocycles. The van der Waals surface area contributed by atoms with E-state index in [9.17, 15) is 18.0 Å². The number of unbranched alkanes of at least 4 members (excludes halogenated alkanes) is 2. The summed E-state index contributed by atoms with van der Waals surface area (Å²) in [7, 11) is -3.45. The van der Waals surface area contributed by atoms with Gasteiger partial charge in [-0.25, -0.2) is 8.42 Å². The molecule has 0 bridgehead atoms. The van der Waals surface area contributed by atoms with Gasteiger partial charge in [-0.1, -0.05) is 43.7 Å². The third-order valence-corrected chi connectivity index (χ3v) is 5.93. The van der Waals surface area contributed by atoms with Crippen molar-refractivity contribution in [2.45, 2.75) is 32.7 Å². The molecule has 1 N–H and O–H groups in total. The predicted molar refractivity (Wildman–Crippen MR) is 122 cm³/mol. The Morgan fingerprint density at radius 2 is 1.65 bits per heavy atom. The van der Waals surface area contributed by atoms with Crippen molar-refractivity contribution in [1.82, 2.24) is 9.80 Å². The van der Waals surface area contributed by atoms with E-state index in [2.05, 4.69) is 28.7 Å². The van der Waals surface area contributed by atoms with Gasteiger partial charge in [0.15, 0.2) is 0 Å². The number of benzene rings is 2. The van der Waals surface area contributed by atoms with Gasteiger partial charge >= 0.3 is 0 Å². The Bertz CT molecular complexity index is 1040. The predicted octanol–water partition coefficient (Wildman–Crippen LogP) is 3.35. The first kappa shape index (κ1) is 23.0. The maximum absolute atomic E-state index is 12.7. The van der Waals surface area contributed by atoms with E-state index in [1.807, 2.05) is 18.2 Å². The number of imide groups is 1. The van der Waals surface area contributed by atoms with Gasteiger partial charge in [0.2, 0.25) is 10.0 Å². The second kappa shape index (κ2) is 10.1. The van der Waals surface area contributed by atoms with Crippen LogP contribution >= 0.6 is 0 Å². The van der Waals surface area contributed by atoms with Crippen LogP contribution in [-0.2, 0) is 16.6 Å². The molecule has 8 heteroatoms. The molecule has 7 nitrogen and oxygen atoms in total. The monoisotopic (exact) mass is 443 g/mol. The van der Waals surface area contributed by atoms with E-state index in [1.54, 1.807) is 0 Å². The Hall–Kier alpha value is -2.71. The summed E-state index contributed by atoms with van der Waals surface area (Å²) in [5.74, 6) is -0.679. The topological polar surface area (TPSA) is 86.8 Å². The number of fused-ring (bicyclic) bond motifs is 1. The van der Waals surface area contributed by atoms with E-state index in [0.717, 1.165) is 45.2 Å². The van der Waals surface area contributed by atoms with Crippen molar-refractivity contribution < 1.29 is 18.0 Å². The van der Waals surface area contributed by atoms with Gasteiger partial charge < -0.3 is 0 Å². The molecule has 0 aromatic heterocycles. The van der Waals surface area contributed by atoms with Crippen molar-refractivity contribution in [3.05, 3.63) is 65.2 Å². The highest BCUT2D eigenvalue weighted by Crippen LogP contribution is 2.26. The normalized spacial score (nSPS) is 13.7. The summed E-state index contributed by atoms with van der Waals surface area (Å²) in [5.41, 5.74) is 2.14. The number of hydrogen-bond donors (Lipinski definition) is 1. The number of nitrogens with zero attached hydrogens (tertiary/aromatic N) is 2. The molecule has 2 amide bonds. The summed E-state index contributed by atoms with van der Waals surface area (Å²) >= 11 is 0. The molecule has 0 aliphatic carbocycles.